The summed E-state index contributed by atoms with van der Waals surface area (Å²) >= 11 is 6.16. The number of sulfonamides is 1. The maximum Gasteiger partial charge on any atom is 0.228 e. The lowest BCUT2D eigenvalue weighted by atomic mass is 9.98. The van der Waals surface area contributed by atoms with E-state index >= 15 is 0 Å². The Labute approximate surface area is 172 Å². The highest BCUT2D eigenvalue weighted by Crippen LogP contribution is 2.31. The number of hydrogen-bond acceptors (Lipinski definition) is 5. The molecule has 2 heterocycles. The Morgan fingerprint density at radius 1 is 1.29 bits per heavy atom. The van der Waals surface area contributed by atoms with Gasteiger partial charge in [0.25, 0.3) is 0 Å². The molecule has 2 aliphatic rings. The molecule has 156 valence electrons. The third-order valence-electron chi connectivity index (χ3n) is 5.18. The van der Waals surface area contributed by atoms with Crippen molar-refractivity contribution in [2.45, 2.75) is 26.2 Å². The number of nitrogens with one attached hydrogen (secondary N) is 1. The Morgan fingerprint density at radius 2 is 2.04 bits per heavy atom. The number of amides is 1. The van der Waals surface area contributed by atoms with Crippen molar-refractivity contribution in [3.05, 3.63) is 23.2 Å². The van der Waals surface area contributed by atoms with Crippen LogP contribution in [0.25, 0.3) is 0 Å². The lowest BCUT2D eigenvalue weighted by Gasteiger charge is -2.33. The first kappa shape index (κ1) is 21.4. The van der Waals surface area contributed by atoms with Crippen LogP contribution in [0, 0.1) is 5.92 Å². The fourth-order valence-electron chi connectivity index (χ4n) is 3.72. The first-order valence-electron chi connectivity index (χ1n) is 9.81. The van der Waals surface area contributed by atoms with Crippen molar-refractivity contribution in [3.8, 4) is 0 Å². The van der Waals surface area contributed by atoms with E-state index in [1.54, 1.807) is 6.07 Å². The molecule has 28 heavy (non-hydrogen) atoms. The van der Waals surface area contributed by atoms with E-state index in [0.717, 1.165) is 18.8 Å². The number of carbonyl (C=O) groups is 1. The molecule has 1 atom stereocenters. The first-order valence-corrected chi connectivity index (χ1v) is 11.8. The van der Waals surface area contributed by atoms with Crippen LogP contribution in [0.4, 0.5) is 11.4 Å². The molecule has 0 radical (unpaired) electrons. The Balaban J connectivity index is 1.73. The zero-order valence-corrected chi connectivity index (χ0v) is 17.8. The number of nitrogens with zero attached hydrogens (tertiary/aromatic N) is 2. The number of morpholine rings is 1. The smallest absolute Gasteiger partial charge is 0.228 e. The standard InChI is InChI=1S/C19H28ClN3O4S/c1-2-12-28(25,26)23-7-3-4-15(14-23)19(24)21-17-13-16(20)5-6-18(17)22-8-10-27-11-9-22/h5-6,13,15H,2-4,7-12,14H2,1H3,(H,21,24)/t15-/m0/s1. The predicted molar refractivity (Wildman–Crippen MR) is 111 cm³/mol. The van der Waals surface area contributed by atoms with E-state index in [-0.39, 0.29) is 24.1 Å². The van der Waals surface area contributed by atoms with Crippen LogP contribution >= 0.6 is 11.6 Å². The molecule has 2 fully saturated rings. The number of piperidine rings is 1. The molecule has 7 nitrogen and oxygen atoms in total. The molecule has 0 saturated carbocycles. The van der Waals surface area contributed by atoms with Crippen LogP contribution < -0.4 is 10.2 Å². The van der Waals surface area contributed by atoms with Crippen LogP contribution in [0.3, 0.4) is 0 Å². The van der Waals surface area contributed by atoms with Crippen molar-refractivity contribution >= 4 is 38.9 Å². The molecule has 1 aromatic rings. The highest BCUT2D eigenvalue weighted by molar-refractivity contribution is 7.89. The Hall–Kier alpha value is -1.35. The van der Waals surface area contributed by atoms with Gasteiger partial charge in [0.05, 0.1) is 36.3 Å². The number of halogens is 1. The van der Waals surface area contributed by atoms with Crippen LogP contribution in [-0.4, -0.2) is 63.8 Å². The SMILES string of the molecule is CCCS(=O)(=O)N1CCC[C@H](C(=O)Nc2cc(Cl)ccc2N2CCOCC2)C1. The highest BCUT2D eigenvalue weighted by Gasteiger charge is 2.32. The fraction of sp³-hybridized carbons (Fsp3) is 0.632. The molecule has 3 rings (SSSR count). The van der Waals surface area contributed by atoms with Gasteiger partial charge in [-0.1, -0.05) is 18.5 Å². The van der Waals surface area contributed by atoms with Crippen LogP contribution in [0.1, 0.15) is 26.2 Å². The summed E-state index contributed by atoms with van der Waals surface area (Å²) in [6.45, 7) is 5.35. The minimum atomic E-state index is -3.29. The second-order valence-electron chi connectivity index (χ2n) is 7.26. The van der Waals surface area contributed by atoms with E-state index in [0.29, 0.717) is 49.7 Å². The lowest BCUT2D eigenvalue weighted by molar-refractivity contribution is -0.120. The van der Waals surface area contributed by atoms with Crippen molar-refractivity contribution in [2.75, 3.05) is 55.4 Å². The topological polar surface area (TPSA) is 79.0 Å². The molecule has 9 heteroatoms. The van der Waals surface area contributed by atoms with Gasteiger partial charge < -0.3 is 15.0 Å². The fourth-order valence-corrected chi connectivity index (χ4v) is 5.48. The number of anilines is 2. The summed E-state index contributed by atoms with van der Waals surface area (Å²) in [6.07, 6.45) is 1.94. The number of ether oxygens (including phenoxy) is 1. The molecular formula is C19H28ClN3O4S. The van der Waals surface area contributed by atoms with Gasteiger partial charge in [0.2, 0.25) is 15.9 Å². The summed E-state index contributed by atoms with van der Waals surface area (Å²) in [5.41, 5.74) is 1.57. The van der Waals surface area contributed by atoms with E-state index in [1.165, 1.54) is 4.31 Å². The molecular weight excluding hydrogens is 402 g/mol. The van der Waals surface area contributed by atoms with Gasteiger partial charge in [0, 0.05) is 31.2 Å². The average Bonchev–Trinajstić information content (AvgIpc) is 2.69. The first-order chi connectivity index (χ1) is 13.4. The summed E-state index contributed by atoms with van der Waals surface area (Å²) in [5.74, 6) is -0.401. The number of carbonyl (C=O) groups excluding carboxylic acids is 1. The third kappa shape index (κ3) is 5.17. The minimum Gasteiger partial charge on any atom is -0.378 e. The molecule has 1 aromatic carbocycles. The summed E-state index contributed by atoms with van der Waals surface area (Å²) < 4.78 is 31.6. The molecule has 1 N–H and O–H groups in total. The molecule has 0 unspecified atom stereocenters. The zero-order chi connectivity index (χ0) is 20.1. The van der Waals surface area contributed by atoms with E-state index in [9.17, 15) is 13.2 Å². The average molecular weight is 430 g/mol. The van der Waals surface area contributed by atoms with Gasteiger partial charge in [0.1, 0.15) is 0 Å². The van der Waals surface area contributed by atoms with Gasteiger partial charge in [-0.3, -0.25) is 4.79 Å². The number of benzene rings is 1. The Morgan fingerprint density at radius 3 is 2.75 bits per heavy atom. The molecule has 0 spiro atoms. The van der Waals surface area contributed by atoms with Crippen molar-refractivity contribution in [1.82, 2.24) is 4.31 Å². The maximum absolute atomic E-state index is 12.9. The predicted octanol–water partition coefficient (Wildman–Crippen LogP) is 2.57. The van der Waals surface area contributed by atoms with Gasteiger partial charge >= 0.3 is 0 Å². The summed E-state index contributed by atoms with van der Waals surface area (Å²) in [6, 6.07) is 5.46. The molecule has 0 aliphatic carbocycles. The minimum absolute atomic E-state index is 0.122. The number of rotatable bonds is 6. The molecule has 2 aliphatic heterocycles. The monoisotopic (exact) mass is 429 g/mol. The Kier molecular flexibility index (Phi) is 7.20. The van der Waals surface area contributed by atoms with Crippen LogP contribution in [0.2, 0.25) is 5.02 Å². The third-order valence-corrected chi connectivity index (χ3v) is 7.46. The van der Waals surface area contributed by atoms with E-state index < -0.39 is 10.0 Å². The molecule has 0 aromatic heterocycles. The van der Waals surface area contributed by atoms with Crippen molar-refractivity contribution in [2.24, 2.45) is 5.92 Å². The van der Waals surface area contributed by atoms with Crippen LogP contribution in [-0.2, 0) is 19.6 Å². The van der Waals surface area contributed by atoms with Crippen LogP contribution in [0.15, 0.2) is 18.2 Å². The van der Waals surface area contributed by atoms with Gasteiger partial charge in [-0.05, 0) is 37.5 Å². The largest absolute Gasteiger partial charge is 0.378 e. The maximum atomic E-state index is 12.9. The molecule has 0 bridgehead atoms. The van der Waals surface area contributed by atoms with E-state index in [1.807, 2.05) is 19.1 Å². The van der Waals surface area contributed by atoms with Gasteiger partial charge in [-0.2, -0.15) is 0 Å². The van der Waals surface area contributed by atoms with Crippen molar-refractivity contribution in [1.29, 1.82) is 0 Å². The lowest BCUT2D eigenvalue weighted by Crippen LogP contribution is -2.44. The summed E-state index contributed by atoms with van der Waals surface area (Å²) in [4.78, 5) is 15.1. The van der Waals surface area contributed by atoms with E-state index in [2.05, 4.69) is 10.2 Å². The van der Waals surface area contributed by atoms with Gasteiger partial charge in [0.15, 0.2) is 0 Å². The number of hydrogen-bond donors (Lipinski definition) is 1. The quantitative estimate of drug-likeness (QED) is 0.751. The van der Waals surface area contributed by atoms with Crippen molar-refractivity contribution in [3.63, 3.8) is 0 Å². The second-order valence-corrected chi connectivity index (χ2v) is 9.79. The summed E-state index contributed by atoms with van der Waals surface area (Å²) in [5, 5.41) is 3.54. The Bertz CT molecular complexity index is 796. The highest BCUT2D eigenvalue weighted by atomic mass is 35.5. The normalized spacial score (nSPS) is 21.5. The second kappa shape index (κ2) is 9.43. The van der Waals surface area contributed by atoms with Gasteiger partial charge in [-0.15, -0.1) is 0 Å². The summed E-state index contributed by atoms with van der Waals surface area (Å²) in [7, 11) is -3.29. The zero-order valence-electron chi connectivity index (χ0n) is 16.2. The van der Waals surface area contributed by atoms with Crippen LogP contribution in [0.5, 0.6) is 0 Å². The van der Waals surface area contributed by atoms with Crippen molar-refractivity contribution < 1.29 is 17.9 Å². The molecule has 2 saturated heterocycles. The van der Waals surface area contributed by atoms with E-state index in [4.69, 9.17) is 16.3 Å². The molecule has 1 amide bonds. The van der Waals surface area contributed by atoms with Gasteiger partial charge in [-0.25, -0.2) is 12.7 Å².